The molecule has 3 aliphatic rings. The highest BCUT2D eigenvalue weighted by molar-refractivity contribution is 6.31. The third-order valence-electron chi connectivity index (χ3n) is 5.52. The largest absolute Gasteiger partial charge is 0.373 e. The van der Waals surface area contributed by atoms with Crippen LogP contribution in [0.4, 0.5) is 10.2 Å². The summed E-state index contributed by atoms with van der Waals surface area (Å²) in [4.78, 5) is 26.7. The fourth-order valence-corrected chi connectivity index (χ4v) is 4.56. The smallest absolute Gasteiger partial charge is 0.241 e. The molecule has 0 radical (unpaired) electrons. The molecule has 6 nitrogen and oxygen atoms in total. The number of hydrogen-bond acceptors (Lipinski definition) is 4. The molecule has 5 rings (SSSR count). The van der Waals surface area contributed by atoms with E-state index in [1.54, 1.807) is 18.3 Å². The molecule has 8 heteroatoms. The molecular weight excluding hydrogens is 361 g/mol. The molecule has 1 aromatic carbocycles. The van der Waals surface area contributed by atoms with Crippen LogP contribution in [0.5, 0.6) is 0 Å². The standard InChI is InChI=1S/C18H15ClFN3O3/c19-10-2-1-3-11(20)9(10)8-22-7-6-14(21-22)23-17(24)15-12-4-5-13(26-12)16(15)18(23)25/h1-3,6-7,12-13,15-16H,4-5,8H2/t12-,13-,15-,16-/m0/s1. The van der Waals surface area contributed by atoms with E-state index in [-0.39, 0.29) is 36.4 Å². The Bertz CT molecular complexity index is 882. The first-order valence-electron chi connectivity index (χ1n) is 8.54. The first-order chi connectivity index (χ1) is 12.5. The van der Waals surface area contributed by atoms with Crippen LogP contribution in [0.15, 0.2) is 30.5 Å². The van der Waals surface area contributed by atoms with Crippen LogP contribution in [0.25, 0.3) is 0 Å². The molecule has 2 aromatic rings. The topological polar surface area (TPSA) is 64.4 Å². The number of carbonyl (C=O) groups is 2. The van der Waals surface area contributed by atoms with E-state index in [2.05, 4.69) is 5.10 Å². The molecule has 4 atom stereocenters. The van der Waals surface area contributed by atoms with Crippen molar-refractivity contribution in [2.45, 2.75) is 31.6 Å². The lowest BCUT2D eigenvalue weighted by molar-refractivity contribution is -0.124. The molecule has 3 aliphatic heterocycles. The van der Waals surface area contributed by atoms with Gasteiger partial charge in [-0.1, -0.05) is 17.7 Å². The van der Waals surface area contributed by atoms with Crippen LogP contribution in [-0.2, 0) is 20.9 Å². The normalized spacial score (nSPS) is 29.7. The van der Waals surface area contributed by atoms with Gasteiger partial charge in [-0.15, -0.1) is 0 Å². The molecule has 3 saturated heterocycles. The second kappa shape index (κ2) is 5.62. The van der Waals surface area contributed by atoms with Gasteiger partial charge in [0.1, 0.15) is 5.82 Å². The molecule has 0 aliphatic carbocycles. The maximum atomic E-state index is 14.0. The molecule has 0 saturated carbocycles. The van der Waals surface area contributed by atoms with Crippen LogP contribution < -0.4 is 4.90 Å². The number of halogens is 2. The van der Waals surface area contributed by atoms with Crippen molar-refractivity contribution in [3.63, 3.8) is 0 Å². The summed E-state index contributed by atoms with van der Waals surface area (Å²) >= 11 is 6.05. The molecule has 0 unspecified atom stereocenters. The van der Waals surface area contributed by atoms with Crippen molar-refractivity contribution in [1.29, 1.82) is 0 Å². The van der Waals surface area contributed by atoms with E-state index in [0.717, 1.165) is 17.7 Å². The van der Waals surface area contributed by atoms with Crippen LogP contribution in [-0.4, -0.2) is 33.8 Å². The van der Waals surface area contributed by atoms with Gasteiger partial charge in [-0.2, -0.15) is 5.10 Å². The van der Waals surface area contributed by atoms with Gasteiger partial charge in [0.05, 0.1) is 30.6 Å². The second-order valence-corrected chi connectivity index (χ2v) is 7.33. The third-order valence-corrected chi connectivity index (χ3v) is 5.88. The number of nitrogens with zero attached hydrogens (tertiary/aromatic N) is 3. The molecule has 4 heterocycles. The van der Waals surface area contributed by atoms with E-state index >= 15 is 0 Å². The average molecular weight is 376 g/mol. The summed E-state index contributed by atoms with van der Waals surface area (Å²) in [5, 5.41) is 4.61. The first kappa shape index (κ1) is 16.0. The highest BCUT2D eigenvalue weighted by Gasteiger charge is 2.63. The van der Waals surface area contributed by atoms with Crippen molar-refractivity contribution < 1.29 is 18.7 Å². The summed E-state index contributed by atoms with van der Waals surface area (Å²) in [5.74, 6) is -1.45. The molecule has 2 amide bonds. The fourth-order valence-electron chi connectivity index (χ4n) is 4.34. The third kappa shape index (κ3) is 2.17. The molecule has 3 fully saturated rings. The summed E-state index contributed by atoms with van der Waals surface area (Å²) in [7, 11) is 0. The van der Waals surface area contributed by atoms with E-state index in [9.17, 15) is 14.0 Å². The number of hydrogen-bond donors (Lipinski definition) is 0. The predicted molar refractivity (Wildman–Crippen MR) is 90.1 cm³/mol. The summed E-state index contributed by atoms with van der Waals surface area (Å²) in [6.07, 6.45) is 2.92. The van der Waals surface area contributed by atoms with Gasteiger partial charge in [-0.3, -0.25) is 14.3 Å². The van der Waals surface area contributed by atoms with Crippen molar-refractivity contribution in [2.24, 2.45) is 11.8 Å². The maximum Gasteiger partial charge on any atom is 0.241 e. The molecular formula is C18H15ClFN3O3. The van der Waals surface area contributed by atoms with E-state index in [1.807, 2.05) is 0 Å². The number of imide groups is 1. The Labute approximate surface area is 153 Å². The monoisotopic (exact) mass is 375 g/mol. The molecule has 2 bridgehead atoms. The Kier molecular flexibility index (Phi) is 3.45. The first-order valence-corrected chi connectivity index (χ1v) is 8.92. The number of fused-ring (bicyclic) bond motifs is 5. The Balaban J connectivity index is 1.42. The van der Waals surface area contributed by atoms with Crippen molar-refractivity contribution in [3.05, 3.63) is 46.9 Å². The predicted octanol–water partition coefficient (Wildman–Crippen LogP) is 2.39. The lowest BCUT2D eigenvalue weighted by Crippen LogP contribution is -2.34. The lowest BCUT2D eigenvalue weighted by Gasteiger charge is -2.15. The van der Waals surface area contributed by atoms with E-state index in [4.69, 9.17) is 16.3 Å². The minimum atomic E-state index is -0.425. The zero-order valence-corrected chi connectivity index (χ0v) is 14.4. The van der Waals surface area contributed by atoms with Gasteiger partial charge in [0.2, 0.25) is 11.8 Å². The maximum absolute atomic E-state index is 14.0. The van der Waals surface area contributed by atoms with Crippen molar-refractivity contribution in [2.75, 3.05) is 4.90 Å². The molecule has 26 heavy (non-hydrogen) atoms. The Hall–Kier alpha value is -2.25. The van der Waals surface area contributed by atoms with Crippen molar-refractivity contribution in [3.8, 4) is 0 Å². The summed E-state index contributed by atoms with van der Waals surface area (Å²) in [6, 6.07) is 6.06. The SMILES string of the molecule is O=C1[C@@H]2[C@@H](C(=O)N1c1ccn(Cc3c(F)cccc3Cl)n1)[C@@H]1CC[C@@H]2O1. The van der Waals surface area contributed by atoms with Crippen LogP contribution >= 0.6 is 11.6 Å². The van der Waals surface area contributed by atoms with Crippen molar-refractivity contribution >= 4 is 29.2 Å². The van der Waals surface area contributed by atoms with Gasteiger partial charge in [0, 0.05) is 22.8 Å². The van der Waals surface area contributed by atoms with Crippen LogP contribution in [0, 0.1) is 17.7 Å². The van der Waals surface area contributed by atoms with Crippen LogP contribution in [0.3, 0.4) is 0 Å². The number of rotatable bonds is 3. The van der Waals surface area contributed by atoms with Gasteiger partial charge < -0.3 is 4.74 Å². The van der Waals surface area contributed by atoms with E-state index < -0.39 is 17.7 Å². The number of carbonyl (C=O) groups excluding carboxylic acids is 2. The van der Waals surface area contributed by atoms with Gasteiger partial charge in [-0.05, 0) is 25.0 Å². The van der Waals surface area contributed by atoms with Crippen LogP contribution in [0.2, 0.25) is 5.02 Å². The van der Waals surface area contributed by atoms with E-state index in [1.165, 1.54) is 16.8 Å². The van der Waals surface area contributed by atoms with Gasteiger partial charge in [0.25, 0.3) is 0 Å². The average Bonchev–Trinajstić information content (AvgIpc) is 3.36. The Morgan fingerprint density at radius 3 is 2.50 bits per heavy atom. The van der Waals surface area contributed by atoms with Crippen molar-refractivity contribution in [1.82, 2.24) is 9.78 Å². The zero-order chi connectivity index (χ0) is 18.0. The summed E-state index contributed by atoms with van der Waals surface area (Å²) in [5.41, 5.74) is 0.311. The molecule has 134 valence electrons. The fraction of sp³-hybridized carbons (Fsp3) is 0.389. The van der Waals surface area contributed by atoms with Crippen LogP contribution in [0.1, 0.15) is 18.4 Å². The van der Waals surface area contributed by atoms with Gasteiger partial charge in [-0.25, -0.2) is 9.29 Å². The minimum absolute atomic E-state index is 0.114. The minimum Gasteiger partial charge on any atom is -0.373 e. The quantitative estimate of drug-likeness (QED) is 0.773. The number of anilines is 1. The van der Waals surface area contributed by atoms with Gasteiger partial charge in [0.15, 0.2) is 5.82 Å². The Morgan fingerprint density at radius 1 is 1.15 bits per heavy atom. The number of ether oxygens (including phenoxy) is 1. The number of aromatic nitrogens is 2. The second-order valence-electron chi connectivity index (χ2n) is 6.93. The molecule has 0 spiro atoms. The number of amides is 2. The highest BCUT2D eigenvalue weighted by atomic mass is 35.5. The zero-order valence-electron chi connectivity index (χ0n) is 13.6. The van der Waals surface area contributed by atoms with E-state index in [0.29, 0.717) is 10.6 Å². The molecule has 0 N–H and O–H groups in total. The summed E-state index contributed by atoms with van der Waals surface area (Å²) in [6.45, 7) is 0.114. The number of benzene rings is 1. The molecule has 1 aromatic heterocycles. The Morgan fingerprint density at radius 2 is 1.85 bits per heavy atom. The highest BCUT2D eigenvalue weighted by Crippen LogP contribution is 2.49. The van der Waals surface area contributed by atoms with Gasteiger partial charge >= 0.3 is 0 Å². The summed E-state index contributed by atoms with van der Waals surface area (Å²) < 4.78 is 21.2. The lowest BCUT2D eigenvalue weighted by atomic mass is 9.81.